The van der Waals surface area contributed by atoms with Crippen LogP contribution >= 0.6 is 0 Å². The molecule has 0 radical (unpaired) electrons. The zero-order valence-electron chi connectivity index (χ0n) is 15.2. The molecule has 0 bridgehead atoms. The minimum atomic E-state index is -0.504. The quantitative estimate of drug-likeness (QED) is 0.496. The molecule has 27 heavy (non-hydrogen) atoms. The van der Waals surface area contributed by atoms with Crippen molar-refractivity contribution in [3.63, 3.8) is 0 Å². The molecule has 2 aromatic heterocycles. The zero-order valence-corrected chi connectivity index (χ0v) is 15.2. The highest BCUT2D eigenvalue weighted by Crippen LogP contribution is 2.13. The molecule has 0 spiro atoms. The van der Waals surface area contributed by atoms with Gasteiger partial charge < -0.3 is 9.47 Å². The van der Waals surface area contributed by atoms with Crippen molar-refractivity contribution in [3.8, 4) is 5.75 Å². The smallest absolute Gasteiger partial charge is 0.331 e. The molecular formula is C21H20N2O4. The number of nitrogens with zero attached hydrogens (tertiary/aromatic N) is 2. The summed E-state index contributed by atoms with van der Waals surface area (Å²) < 4.78 is 12.0. The lowest BCUT2D eigenvalue weighted by Crippen LogP contribution is -2.17. The highest BCUT2D eigenvalue weighted by molar-refractivity contribution is 5.87. The molecule has 0 N–H and O–H groups in total. The molecule has 0 fully saturated rings. The second-order valence-electron chi connectivity index (χ2n) is 5.91. The first-order chi connectivity index (χ1) is 13.1. The van der Waals surface area contributed by atoms with Crippen molar-refractivity contribution >= 4 is 17.7 Å². The number of esters is 1. The average Bonchev–Trinajstić information content (AvgIpc) is 2.67. The van der Waals surface area contributed by atoms with Crippen LogP contribution in [0.3, 0.4) is 0 Å². The summed E-state index contributed by atoms with van der Waals surface area (Å²) in [7, 11) is 0. The van der Waals surface area contributed by atoms with E-state index in [9.17, 15) is 9.59 Å². The number of fused-ring (bicyclic) bond motifs is 1. The van der Waals surface area contributed by atoms with E-state index in [0.29, 0.717) is 17.9 Å². The molecule has 3 aromatic rings. The van der Waals surface area contributed by atoms with E-state index in [0.717, 1.165) is 16.9 Å². The summed E-state index contributed by atoms with van der Waals surface area (Å²) in [6.07, 6.45) is 4.66. The summed E-state index contributed by atoms with van der Waals surface area (Å²) in [4.78, 5) is 28.5. The Bertz CT molecular complexity index is 1040. The number of benzene rings is 1. The van der Waals surface area contributed by atoms with Gasteiger partial charge in [-0.1, -0.05) is 18.2 Å². The van der Waals surface area contributed by atoms with Gasteiger partial charge in [0.05, 0.1) is 12.3 Å². The predicted octanol–water partition coefficient (Wildman–Crippen LogP) is 3.16. The van der Waals surface area contributed by atoms with Crippen molar-refractivity contribution in [1.82, 2.24) is 9.38 Å². The maximum absolute atomic E-state index is 12.1. The van der Waals surface area contributed by atoms with Gasteiger partial charge in [0.2, 0.25) is 0 Å². The van der Waals surface area contributed by atoms with Gasteiger partial charge in [-0.15, -0.1) is 0 Å². The van der Waals surface area contributed by atoms with Gasteiger partial charge >= 0.3 is 5.97 Å². The molecule has 0 aliphatic heterocycles. The summed E-state index contributed by atoms with van der Waals surface area (Å²) >= 11 is 0. The third-order valence-electron chi connectivity index (χ3n) is 3.90. The van der Waals surface area contributed by atoms with Gasteiger partial charge in [-0.05, 0) is 49.2 Å². The van der Waals surface area contributed by atoms with Crippen LogP contribution in [0.1, 0.15) is 23.7 Å². The fourth-order valence-electron chi connectivity index (χ4n) is 2.58. The Labute approximate surface area is 156 Å². The van der Waals surface area contributed by atoms with Gasteiger partial charge in [0.1, 0.15) is 18.0 Å². The number of carbonyl (C=O) groups excluding carboxylic acids is 1. The maximum Gasteiger partial charge on any atom is 0.331 e. The van der Waals surface area contributed by atoms with E-state index in [-0.39, 0.29) is 12.2 Å². The summed E-state index contributed by atoms with van der Waals surface area (Å²) in [6, 6.07) is 12.4. The number of hydrogen-bond acceptors (Lipinski definition) is 5. The molecule has 2 heterocycles. The van der Waals surface area contributed by atoms with E-state index in [1.165, 1.54) is 16.5 Å². The van der Waals surface area contributed by atoms with Gasteiger partial charge in [0.15, 0.2) is 0 Å². The second kappa shape index (κ2) is 8.31. The molecule has 1 aromatic carbocycles. The molecule has 6 heteroatoms. The molecular weight excluding hydrogens is 344 g/mol. The Kier molecular flexibility index (Phi) is 5.66. The second-order valence-corrected chi connectivity index (χ2v) is 5.91. The van der Waals surface area contributed by atoms with Gasteiger partial charge in [-0.25, -0.2) is 9.78 Å². The lowest BCUT2D eigenvalue weighted by molar-refractivity contribution is -0.139. The van der Waals surface area contributed by atoms with Gasteiger partial charge in [0, 0.05) is 18.3 Å². The van der Waals surface area contributed by atoms with Crippen LogP contribution in [0.15, 0.2) is 59.5 Å². The lowest BCUT2D eigenvalue weighted by atomic mass is 10.2. The van der Waals surface area contributed by atoms with E-state index in [4.69, 9.17) is 9.47 Å². The fraction of sp³-hybridized carbons (Fsp3) is 0.190. The number of aromatic nitrogens is 2. The predicted molar refractivity (Wildman–Crippen MR) is 103 cm³/mol. The number of pyridine rings is 1. The van der Waals surface area contributed by atoms with Crippen molar-refractivity contribution in [3.05, 3.63) is 81.9 Å². The number of rotatable bonds is 6. The average molecular weight is 364 g/mol. The molecule has 0 aliphatic rings. The maximum atomic E-state index is 12.1. The van der Waals surface area contributed by atoms with Crippen LogP contribution in [0, 0.1) is 6.92 Å². The van der Waals surface area contributed by atoms with Crippen LogP contribution in [0.5, 0.6) is 5.75 Å². The van der Waals surface area contributed by atoms with Crippen LogP contribution in [0.25, 0.3) is 11.7 Å². The highest BCUT2D eigenvalue weighted by Gasteiger charge is 2.06. The molecule has 3 rings (SSSR count). The van der Waals surface area contributed by atoms with Crippen molar-refractivity contribution in [1.29, 1.82) is 0 Å². The van der Waals surface area contributed by atoms with Crippen LogP contribution in [0.2, 0.25) is 0 Å². The van der Waals surface area contributed by atoms with Crippen molar-refractivity contribution in [2.75, 3.05) is 6.61 Å². The van der Waals surface area contributed by atoms with Crippen LogP contribution in [-0.2, 0) is 16.1 Å². The Hall–Kier alpha value is -3.41. The van der Waals surface area contributed by atoms with Gasteiger partial charge in [0.25, 0.3) is 5.56 Å². The largest absolute Gasteiger partial charge is 0.494 e. The highest BCUT2D eigenvalue weighted by atomic mass is 16.5. The Morgan fingerprint density at radius 3 is 2.74 bits per heavy atom. The van der Waals surface area contributed by atoms with E-state index in [1.54, 1.807) is 18.3 Å². The number of ether oxygens (including phenoxy) is 2. The van der Waals surface area contributed by atoms with Crippen LogP contribution < -0.4 is 10.3 Å². The SMILES string of the molecule is CCOc1ccc(/C=C/C(=O)OCc2cc(=O)n3cccc(C)c3n2)cc1. The van der Waals surface area contributed by atoms with Gasteiger partial charge in [-0.3, -0.25) is 9.20 Å². The van der Waals surface area contributed by atoms with E-state index in [2.05, 4.69) is 4.98 Å². The third kappa shape index (κ3) is 4.61. The molecule has 0 saturated heterocycles. The molecule has 0 atom stereocenters. The first-order valence-electron chi connectivity index (χ1n) is 8.62. The molecule has 0 amide bonds. The van der Waals surface area contributed by atoms with Crippen molar-refractivity contribution in [2.45, 2.75) is 20.5 Å². The number of aryl methyl sites for hydroxylation is 1. The first-order valence-corrected chi connectivity index (χ1v) is 8.62. The number of carbonyl (C=O) groups is 1. The minimum absolute atomic E-state index is 0.0630. The van der Waals surface area contributed by atoms with Crippen LogP contribution in [-0.4, -0.2) is 22.0 Å². The molecule has 138 valence electrons. The Balaban J connectivity index is 1.64. The summed E-state index contributed by atoms with van der Waals surface area (Å²) in [6.45, 7) is 4.33. The van der Waals surface area contributed by atoms with Gasteiger partial charge in [-0.2, -0.15) is 0 Å². The van der Waals surface area contributed by atoms with E-state index < -0.39 is 5.97 Å². The Morgan fingerprint density at radius 2 is 2.00 bits per heavy atom. The van der Waals surface area contributed by atoms with Crippen molar-refractivity contribution < 1.29 is 14.3 Å². The van der Waals surface area contributed by atoms with E-state index in [1.807, 2.05) is 44.2 Å². The third-order valence-corrected chi connectivity index (χ3v) is 3.90. The molecule has 6 nitrogen and oxygen atoms in total. The zero-order chi connectivity index (χ0) is 19.2. The molecule has 0 aliphatic carbocycles. The monoisotopic (exact) mass is 364 g/mol. The van der Waals surface area contributed by atoms with Crippen molar-refractivity contribution in [2.24, 2.45) is 0 Å². The Morgan fingerprint density at radius 1 is 1.22 bits per heavy atom. The first kappa shape index (κ1) is 18.4. The minimum Gasteiger partial charge on any atom is -0.494 e. The standard InChI is InChI=1S/C21H20N2O4/c1-3-26-18-9-6-16(7-10-18)8-11-20(25)27-14-17-13-19(24)23-12-4-5-15(2)21(23)22-17/h4-13H,3,14H2,1-2H3/b11-8+. The van der Waals surface area contributed by atoms with E-state index >= 15 is 0 Å². The molecule has 0 saturated carbocycles. The fourth-order valence-corrected chi connectivity index (χ4v) is 2.58. The molecule has 0 unspecified atom stereocenters. The van der Waals surface area contributed by atoms with Crippen LogP contribution in [0.4, 0.5) is 0 Å². The number of hydrogen-bond donors (Lipinski definition) is 0. The summed E-state index contributed by atoms with van der Waals surface area (Å²) in [5.41, 5.74) is 2.49. The summed E-state index contributed by atoms with van der Waals surface area (Å²) in [5.74, 6) is 0.275. The topological polar surface area (TPSA) is 69.9 Å². The summed E-state index contributed by atoms with van der Waals surface area (Å²) in [5, 5.41) is 0. The normalized spacial score (nSPS) is 11.0. The lowest BCUT2D eigenvalue weighted by Gasteiger charge is -2.06.